The van der Waals surface area contributed by atoms with Gasteiger partial charge in [0.15, 0.2) is 0 Å². The highest BCUT2D eigenvalue weighted by Gasteiger charge is 2.36. The molecule has 12 nitrogen and oxygen atoms in total. The second-order valence-corrected chi connectivity index (χ2v) is 16.5. The fourth-order valence-corrected chi connectivity index (χ4v) is 8.91. The molecule has 2 amide bonds. The molecule has 0 saturated heterocycles. The Morgan fingerprint density at radius 3 is 1.27 bits per heavy atom. The highest BCUT2D eigenvalue weighted by Crippen LogP contribution is 2.42. The van der Waals surface area contributed by atoms with Crippen LogP contribution in [-0.2, 0) is 33.4 Å². The summed E-state index contributed by atoms with van der Waals surface area (Å²) in [6.07, 6.45) is 21.2. The molecular formula is C51H58N8O4. The number of amides is 2. The maximum Gasteiger partial charge on any atom is 0.259 e. The maximum atomic E-state index is 13.0. The summed E-state index contributed by atoms with van der Waals surface area (Å²) >= 11 is 0. The monoisotopic (exact) mass is 846 g/mol. The average Bonchev–Trinajstić information content (AvgIpc) is 3.82. The summed E-state index contributed by atoms with van der Waals surface area (Å²) in [5.41, 5.74) is 7.45. The molecule has 4 heterocycles. The molecule has 2 saturated carbocycles. The van der Waals surface area contributed by atoms with Gasteiger partial charge in [-0.25, -0.2) is 9.97 Å². The van der Waals surface area contributed by atoms with Crippen LogP contribution in [0.4, 0.5) is 23.0 Å². The SMILES string of the molecule is COCC1(c2ccc(NC(=O)c3cccnc3NCc3ccncc3)cc2)CCCC1.COCC1(c2ccc(NC(=O)c3cccnc3NCc3ccncc3)cc2)CCCCC1. The highest BCUT2D eigenvalue weighted by molar-refractivity contribution is 6.08. The first-order valence-corrected chi connectivity index (χ1v) is 21.9. The molecule has 0 radical (unpaired) electrons. The fraction of sp³-hybridized carbons (Fsp3) is 0.333. The topological polar surface area (TPSA) is 152 Å². The number of hydrogen-bond donors (Lipinski definition) is 4. The van der Waals surface area contributed by atoms with Crippen molar-refractivity contribution in [2.24, 2.45) is 0 Å². The largest absolute Gasteiger partial charge is 0.384 e. The summed E-state index contributed by atoms with van der Waals surface area (Å²) in [5.74, 6) is 0.732. The van der Waals surface area contributed by atoms with Gasteiger partial charge >= 0.3 is 0 Å². The Bertz CT molecular complexity index is 2340. The molecule has 0 spiro atoms. The maximum absolute atomic E-state index is 13.0. The van der Waals surface area contributed by atoms with Gasteiger partial charge in [0.1, 0.15) is 11.6 Å². The third-order valence-electron chi connectivity index (χ3n) is 12.2. The molecule has 4 N–H and O–H groups in total. The number of rotatable bonds is 16. The van der Waals surface area contributed by atoms with Gasteiger partial charge in [-0.15, -0.1) is 0 Å². The lowest BCUT2D eigenvalue weighted by Gasteiger charge is -2.37. The van der Waals surface area contributed by atoms with Crippen LogP contribution in [0.15, 0.2) is 134 Å². The quantitative estimate of drug-likeness (QED) is 0.0741. The molecule has 2 aliphatic carbocycles. The minimum atomic E-state index is -0.189. The third kappa shape index (κ3) is 11.7. The number of methoxy groups -OCH3 is 2. The van der Waals surface area contributed by atoms with Crippen molar-refractivity contribution in [1.29, 1.82) is 0 Å². The van der Waals surface area contributed by atoms with E-state index in [1.807, 2.05) is 48.5 Å². The number of nitrogens with zero attached hydrogens (tertiary/aromatic N) is 4. The van der Waals surface area contributed by atoms with Crippen LogP contribution in [-0.4, -0.2) is 59.2 Å². The number of pyridine rings is 4. The minimum absolute atomic E-state index is 0.0862. The lowest BCUT2D eigenvalue weighted by atomic mass is 9.70. The molecule has 2 fully saturated rings. The van der Waals surface area contributed by atoms with Crippen molar-refractivity contribution in [3.8, 4) is 0 Å². The Kier molecular flexibility index (Phi) is 15.6. The first-order chi connectivity index (χ1) is 30.9. The molecule has 12 heteroatoms. The predicted octanol–water partition coefficient (Wildman–Crippen LogP) is 9.99. The molecule has 0 bridgehead atoms. The second kappa shape index (κ2) is 22.0. The fourth-order valence-electron chi connectivity index (χ4n) is 8.91. The smallest absolute Gasteiger partial charge is 0.259 e. The van der Waals surface area contributed by atoms with Gasteiger partial charge in [-0.2, -0.15) is 0 Å². The Hall–Kier alpha value is -6.50. The van der Waals surface area contributed by atoms with Crippen LogP contribution < -0.4 is 21.3 Å². The van der Waals surface area contributed by atoms with Crippen LogP contribution >= 0.6 is 0 Å². The average molecular weight is 847 g/mol. The van der Waals surface area contributed by atoms with E-state index in [2.05, 4.69) is 65.5 Å². The minimum Gasteiger partial charge on any atom is -0.384 e. The highest BCUT2D eigenvalue weighted by atomic mass is 16.5. The molecule has 0 atom stereocenters. The first kappa shape index (κ1) is 44.6. The van der Waals surface area contributed by atoms with Gasteiger partial charge in [0, 0.05) is 86.7 Å². The molecule has 8 rings (SSSR count). The Balaban J connectivity index is 0.000000189. The van der Waals surface area contributed by atoms with Gasteiger partial charge < -0.3 is 30.7 Å². The van der Waals surface area contributed by atoms with Crippen molar-refractivity contribution in [1.82, 2.24) is 19.9 Å². The van der Waals surface area contributed by atoms with Gasteiger partial charge in [-0.05, 0) is 121 Å². The van der Waals surface area contributed by atoms with Crippen molar-refractivity contribution in [3.05, 3.63) is 168 Å². The molecule has 63 heavy (non-hydrogen) atoms. The molecular weight excluding hydrogens is 789 g/mol. The zero-order valence-electron chi connectivity index (χ0n) is 36.3. The van der Waals surface area contributed by atoms with Crippen molar-refractivity contribution in [3.63, 3.8) is 0 Å². The predicted molar refractivity (Wildman–Crippen MR) is 249 cm³/mol. The molecule has 2 aromatic carbocycles. The van der Waals surface area contributed by atoms with Crippen LogP contribution in [0.2, 0.25) is 0 Å². The number of anilines is 4. The number of carbonyl (C=O) groups excluding carboxylic acids is 2. The summed E-state index contributed by atoms with van der Waals surface area (Å²) in [4.78, 5) is 42.7. The van der Waals surface area contributed by atoms with E-state index in [1.165, 1.54) is 43.2 Å². The van der Waals surface area contributed by atoms with E-state index >= 15 is 0 Å². The first-order valence-electron chi connectivity index (χ1n) is 21.9. The van der Waals surface area contributed by atoms with Gasteiger partial charge in [0.25, 0.3) is 11.8 Å². The summed E-state index contributed by atoms with van der Waals surface area (Å²) in [6.45, 7) is 2.61. The van der Waals surface area contributed by atoms with Gasteiger partial charge in [0.2, 0.25) is 0 Å². The summed E-state index contributed by atoms with van der Waals surface area (Å²) in [6, 6.07) is 31.2. The van der Waals surface area contributed by atoms with Crippen LogP contribution in [0.1, 0.15) is 101 Å². The standard InChI is InChI=1S/C26H30N4O2.C25H28N4O2/c1-32-19-26(13-3-2-4-14-26)21-7-9-22(10-8-21)30-25(31)23-6-5-15-28-24(23)29-18-20-11-16-27-17-12-20;1-31-18-25(12-2-3-13-25)20-6-8-21(9-7-20)29-24(30)22-5-4-14-27-23(22)28-17-19-10-15-26-16-11-19/h5-12,15-17H,2-4,13-14,18-19H2,1H3,(H,28,29)(H,30,31);4-11,14-16H,2-3,12-13,17-18H2,1H3,(H,27,28)(H,29,30). The summed E-state index contributed by atoms with van der Waals surface area (Å²) in [5, 5.41) is 12.5. The van der Waals surface area contributed by atoms with Crippen LogP contribution in [0.5, 0.6) is 0 Å². The molecule has 2 aliphatic rings. The van der Waals surface area contributed by atoms with E-state index in [-0.39, 0.29) is 22.6 Å². The number of ether oxygens (including phenoxy) is 2. The number of hydrogen-bond acceptors (Lipinski definition) is 10. The molecule has 326 valence electrons. The molecule has 0 aliphatic heterocycles. The van der Waals surface area contributed by atoms with E-state index < -0.39 is 0 Å². The van der Waals surface area contributed by atoms with Gasteiger partial charge in [-0.3, -0.25) is 19.6 Å². The Morgan fingerprint density at radius 2 is 0.889 bits per heavy atom. The van der Waals surface area contributed by atoms with E-state index in [4.69, 9.17) is 9.47 Å². The normalized spacial score (nSPS) is 15.0. The molecule has 0 unspecified atom stereocenters. The number of aromatic nitrogens is 4. The number of carbonyl (C=O) groups is 2. The lowest BCUT2D eigenvalue weighted by Crippen LogP contribution is -2.33. The molecule has 4 aromatic heterocycles. The van der Waals surface area contributed by atoms with Crippen molar-refractivity contribution in [2.75, 3.05) is 48.7 Å². The van der Waals surface area contributed by atoms with E-state index in [0.717, 1.165) is 61.4 Å². The van der Waals surface area contributed by atoms with Crippen LogP contribution in [0.3, 0.4) is 0 Å². The number of nitrogens with one attached hydrogen (secondary N) is 4. The van der Waals surface area contributed by atoms with E-state index in [1.54, 1.807) is 75.7 Å². The Labute approximate surface area is 370 Å². The van der Waals surface area contributed by atoms with Crippen LogP contribution in [0.25, 0.3) is 0 Å². The van der Waals surface area contributed by atoms with Gasteiger partial charge in [-0.1, -0.05) is 56.4 Å². The number of benzene rings is 2. The molecule has 6 aromatic rings. The summed E-state index contributed by atoms with van der Waals surface area (Å²) < 4.78 is 11.1. The van der Waals surface area contributed by atoms with Crippen molar-refractivity contribution < 1.29 is 19.1 Å². The lowest BCUT2D eigenvalue weighted by molar-refractivity contribution is 0.101. The van der Waals surface area contributed by atoms with Crippen LogP contribution in [0, 0.1) is 0 Å². The van der Waals surface area contributed by atoms with E-state index in [9.17, 15) is 9.59 Å². The van der Waals surface area contributed by atoms with Gasteiger partial charge in [0.05, 0.1) is 24.3 Å². The zero-order valence-corrected chi connectivity index (χ0v) is 36.3. The van der Waals surface area contributed by atoms with E-state index in [0.29, 0.717) is 35.9 Å². The van der Waals surface area contributed by atoms with Crippen molar-refractivity contribution >= 4 is 34.8 Å². The third-order valence-corrected chi connectivity index (χ3v) is 12.2. The zero-order chi connectivity index (χ0) is 43.7. The van der Waals surface area contributed by atoms with Crippen molar-refractivity contribution in [2.45, 2.75) is 81.7 Å². The summed E-state index contributed by atoms with van der Waals surface area (Å²) in [7, 11) is 3.54. The Morgan fingerprint density at radius 1 is 0.508 bits per heavy atom. The second-order valence-electron chi connectivity index (χ2n) is 16.5.